The molecule has 0 saturated carbocycles. The molecule has 20 heavy (non-hydrogen) atoms. The summed E-state index contributed by atoms with van der Waals surface area (Å²) < 4.78 is 0. The molecule has 0 saturated heterocycles. The zero-order valence-corrected chi connectivity index (χ0v) is 10.4. The third-order valence-electron chi connectivity index (χ3n) is 2.56. The van der Waals surface area contributed by atoms with Gasteiger partial charge >= 0.3 is 0 Å². The van der Waals surface area contributed by atoms with Crippen LogP contribution in [0.2, 0.25) is 0 Å². The second-order valence-corrected chi connectivity index (χ2v) is 3.90. The average Bonchev–Trinajstić information content (AvgIpc) is 2.49. The van der Waals surface area contributed by atoms with Gasteiger partial charge in [0.05, 0.1) is 10.6 Å². The smallest absolute Gasteiger partial charge is 0.258 e. The van der Waals surface area contributed by atoms with E-state index in [0.29, 0.717) is 5.69 Å². The van der Waals surface area contributed by atoms with Crippen LogP contribution in [0.1, 0.15) is 11.7 Å². The molecular formula is C13H11N5O2. The maximum atomic E-state index is 10.5. The van der Waals surface area contributed by atoms with E-state index in [9.17, 15) is 10.1 Å². The van der Waals surface area contributed by atoms with Crippen molar-refractivity contribution in [1.29, 1.82) is 5.53 Å². The summed E-state index contributed by atoms with van der Waals surface area (Å²) in [5.41, 5.74) is 8.36. The van der Waals surface area contributed by atoms with Crippen molar-refractivity contribution in [3.63, 3.8) is 0 Å². The number of nitrogens with zero attached hydrogens (tertiary/aromatic N) is 4. The van der Waals surface area contributed by atoms with Crippen molar-refractivity contribution in [2.24, 2.45) is 15.3 Å². The van der Waals surface area contributed by atoms with Gasteiger partial charge in [0, 0.05) is 17.7 Å². The lowest BCUT2D eigenvalue weighted by Crippen LogP contribution is -1.88. The molecule has 2 rings (SSSR count). The summed E-state index contributed by atoms with van der Waals surface area (Å²) >= 11 is 0. The number of non-ortho nitro benzene ring substituents is 1. The van der Waals surface area contributed by atoms with E-state index in [4.69, 9.17) is 5.53 Å². The number of azo groups is 1. The lowest BCUT2D eigenvalue weighted by molar-refractivity contribution is -0.384. The van der Waals surface area contributed by atoms with Crippen molar-refractivity contribution in [2.45, 2.75) is 6.17 Å². The van der Waals surface area contributed by atoms with Crippen molar-refractivity contribution in [3.8, 4) is 0 Å². The Hall–Kier alpha value is -2.96. The van der Waals surface area contributed by atoms with Crippen LogP contribution < -0.4 is 0 Å². The number of hydrogen-bond acceptors (Lipinski definition) is 6. The van der Waals surface area contributed by atoms with Crippen LogP contribution >= 0.6 is 0 Å². The molecule has 0 bridgehead atoms. The highest BCUT2D eigenvalue weighted by molar-refractivity contribution is 5.43. The quantitative estimate of drug-likeness (QED) is 0.493. The Morgan fingerprint density at radius 1 is 1.05 bits per heavy atom. The van der Waals surface area contributed by atoms with Crippen LogP contribution in [0.15, 0.2) is 69.9 Å². The SMILES string of the molecule is N=NC(N=Nc1ccc([N+](=O)[O-])cc1)c1ccccc1. The number of hydrogen-bond donors (Lipinski definition) is 1. The first-order chi connectivity index (χ1) is 9.70. The zero-order valence-electron chi connectivity index (χ0n) is 10.4. The summed E-state index contributed by atoms with van der Waals surface area (Å²) in [4.78, 5) is 10.0. The maximum Gasteiger partial charge on any atom is 0.269 e. The van der Waals surface area contributed by atoms with Gasteiger partial charge in [0.2, 0.25) is 6.17 Å². The first kappa shape index (κ1) is 13.5. The number of nitro benzene ring substituents is 1. The van der Waals surface area contributed by atoms with E-state index in [1.807, 2.05) is 18.2 Å². The van der Waals surface area contributed by atoms with Gasteiger partial charge in [0.1, 0.15) is 0 Å². The molecule has 0 radical (unpaired) electrons. The molecule has 1 atom stereocenters. The van der Waals surface area contributed by atoms with Crippen LogP contribution in [0, 0.1) is 15.6 Å². The van der Waals surface area contributed by atoms with E-state index in [-0.39, 0.29) is 5.69 Å². The highest BCUT2D eigenvalue weighted by Crippen LogP contribution is 2.23. The fraction of sp³-hybridized carbons (Fsp3) is 0.0769. The van der Waals surface area contributed by atoms with E-state index in [2.05, 4.69) is 15.3 Å². The minimum atomic E-state index is -0.702. The van der Waals surface area contributed by atoms with Crippen molar-refractivity contribution in [2.75, 3.05) is 0 Å². The Labute approximate surface area is 114 Å². The van der Waals surface area contributed by atoms with Crippen LogP contribution in [-0.4, -0.2) is 4.92 Å². The highest BCUT2D eigenvalue weighted by atomic mass is 16.6. The minimum Gasteiger partial charge on any atom is -0.258 e. The average molecular weight is 269 g/mol. The van der Waals surface area contributed by atoms with Gasteiger partial charge in [-0.15, -0.1) is 0 Å². The third kappa shape index (κ3) is 3.29. The van der Waals surface area contributed by atoms with E-state index in [1.165, 1.54) is 24.3 Å². The molecule has 0 fully saturated rings. The molecule has 2 aromatic rings. The van der Waals surface area contributed by atoms with Crippen LogP contribution in [0.25, 0.3) is 0 Å². The van der Waals surface area contributed by atoms with Crippen LogP contribution in [0.4, 0.5) is 11.4 Å². The fourth-order valence-electron chi connectivity index (χ4n) is 1.55. The molecule has 0 aliphatic rings. The molecular weight excluding hydrogens is 258 g/mol. The first-order valence-electron chi connectivity index (χ1n) is 5.77. The molecule has 1 unspecified atom stereocenters. The van der Waals surface area contributed by atoms with E-state index < -0.39 is 11.1 Å². The summed E-state index contributed by atoms with van der Waals surface area (Å²) in [5.74, 6) is 0. The number of nitro groups is 1. The second kappa shape index (κ2) is 6.28. The minimum absolute atomic E-state index is 0.00580. The Bertz CT molecular complexity index is 625. The van der Waals surface area contributed by atoms with Crippen molar-refractivity contribution in [1.82, 2.24) is 0 Å². The first-order valence-corrected chi connectivity index (χ1v) is 5.77. The van der Waals surface area contributed by atoms with Gasteiger partial charge in [-0.3, -0.25) is 10.1 Å². The van der Waals surface area contributed by atoms with Crippen LogP contribution in [0.3, 0.4) is 0 Å². The lowest BCUT2D eigenvalue weighted by Gasteiger charge is -2.03. The Morgan fingerprint density at radius 2 is 1.70 bits per heavy atom. The standard InChI is InChI=1S/C13H11N5O2/c14-15-13(10-4-2-1-3-5-10)17-16-11-6-8-12(9-7-11)18(19)20/h1-9,13-14H. The van der Waals surface area contributed by atoms with E-state index >= 15 is 0 Å². The normalized spacial score (nSPS) is 12.2. The summed E-state index contributed by atoms with van der Waals surface area (Å²) in [6.45, 7) is 0. The lowest BCUT2D eigenvalue weighted by atomic mass is 10.2. The molecule has 0 heterocycles. The maximum absolute atomic E-state index is 10.5. The Balaban J connectivity index is 2.15. The van der Waals surface area contributed by atoms with Gasteiger partial charge in [-0.05, 0) is 12.1 Å². The van der Waals surface area contributed by atoms with Crippen molar-refractivity contribution in [3.05, 3.63) is 70.3 Å². The molecule has 0 spiro atoms. The van der Waals surface area contributed by atoms with Crippen molar-refractivity contribution < 1.29 is 4.92 Å². The third-order valence-corrected chi connectivity index (χ3v) is 2.56. The Morgan fingerprint density at radius 3 is 2.25 bits per heavy atom. The molecule has 0 amide bonds. The molecule has 0 aliphatic heterocycles. The van der Waals surface area contributed by atoms with Gasteiger partial charge in [0.25, 0.3) is 5.69 Å². The molecule has 7 nitrogen and oxygen atoms in total. The summed E-state index contributed by atoms with van der Waals surface area (Å²) in [5, 5.41) is 21.8. The molecule has 0 aromatic heterocycles. The van der Waals surface area contributed by atoms with E-state index in [0.717, 1.165) is 5.56 Å². The highest BCUT2D eigenvalue weighted by Gasteiger charge is 2.07. The number of benzene rings is 2. The van der Waals surface area contributed by atoms with Gasteiger partial charge < -0.3 is 0 Å². The van der Waals surface area contributed by atoms with Gasteiger partial charge in [-0.1, -0.05) is 30.3 Å². The largest absolute Gasteiger partial charge is 0.269 e. The molecule has 100 valence electrons. The predicted molar refractivity (Wildman–Crippen MR) is 71.9 cm³/mol. The summed E-state index contributed by atoms with van der Waals surface area (Å²) in [6.07, 6.45) is -0.702. The zero-order chi connectivity index (χ0) is 14.4. The van der Waals surface area contributed by atoms with Gasteiger partial charge in [-0.2, -0.15) is 15.3 Å². The number of rotatable bonds is 5. The topological polar surface area (TPSA) is 104 Å². The summed E-state index contributed by atoms with van der Waals surface area (Å²) in [7, 11) is 0. The summed E-state index contributed by atoms with van der Waals surface area (Å²) in [6, 6.07) is 14.8. The molecule has 2 aromatic carbocycles. The van der Waals surface area contributed by atoms with Crippen LogP contribution in [0.5, 0.6) is 0 Å². The monoisotopic (exact) mass is 269 g/mol. The Kier molecular flexibility index (Phi) is 4.23. The van der Waals surface area contributed by atoms with Crippen LogP contribution in [-0.2, 0) is 0 Å². The molecule has 7 heteroatoms. The van der Waals surface area contributed by atoms with Crippen molar-refractivity contribution >= 4 is 11.4 Å². The fourth-order valence-corrected chi connectivity index (χ4v) is 1.55. The van der Waals surface area contributed by atoms with Gasteiger partial charge in [0.15, 0.2) is 0 Å². The predicted octanol–water partition coefficient (Wildman–Crippen LogP) is 4.41. The van der Waals surface area contributed by atoms with Gasteiger partial charge in [-0.25, -0.2) is 5.53 Å². The molecule has 0 aliphatic carbocycles. The molecule has 1 N–H and O–H groups in total. The second-order valence-electron chi connectivity index (χ2n) is 3.90. The number of nitrogens with one attached hydrogen (secondary N) is 1. The van der Waals surface area contributed by atoms with E-state index in [1.54, 1.807) is 12.1 Å².